The van der Waals surface area contributed by atoms with Crippen molar-refractivity contribution >= 4 is 0 Å². The quantitative estimate of drug-likeness (QED) is 0.473. The topological polar surface area (TPSA) is 110 Å². The average Bonchev–Trinajstić information content (AvgIpc) is 2.74. The lowest BCUT2D eigenvalue weighted by Gasteiger charge is -2.28. The summed E-state index contributed by atoms with van der Waals surface area (Å²) in [5.41, 5.74) is 0.597. The molecule has 4 N–H and O–H groups in total. The lowest BCUT2D eigenvalue weighted by Crippen LogP contribution is -2.35. The standard InChI is InChI=1S/C21H18F3N3O4/c22-21(23,24)13-4-1-11(2-5-13)19-25-15-7-8-27(10-14(15)20(31)26-19)9-12-3-6-16(28)18(30)17(12)29/h1-6,28-30H,7-10H2,(H,25,26,31). The number of nitrogens with one attached hydrogen (secondary N) is 1. The van der Waals surface area contributed by atoms with E-state index < -0.39 is 29.0 Å². The molecule has 0 unspecified atom stereocenters. The van der Waals surface area contributed by atoms with Crippen molar-refractivity contribution in [2.45, 2.75) is 25.7 Å². The van der Waals surface area contributed by atoms with E-state index in [1.807, 2.05) is 4.90 Å². The molecule has 1 aromatic heterocycles. The molecule has 0 fully saturated rings. The van der Waals surface area contributed by atoms with Crippen LogP contribution in [-0.4, -0.2) is 36.7 Å². The zero-order chi connectivity index (χ0) is 22.3. The minimum absolute atomic E-state index is 0.201. The number of aromatic amines is 1. The van der Waals surface area contributed by atoms with Crippen LogP contribution in [0.5, 0.6) is 17.2 Å². The van der Waals surface area contributed by atoms with E-state index in [-0.39, 0.29) is 24.5 Å². The summed E-state index contributed by atoms with van der Waals surface area (Å²) in [6.07, 6.45) is -4.01. The van der Waals surface area contributed by atoms with Gasteiger partial charge < -0.3 is 20.3 Å². The molecule has 162 valence electrons. The second-order valence-electron chi connectivity index (χ2n) is 7.32. The Bertz CT molecular complexity index is 1190. The molecule has 0 bridgehead atoms. The number of hydrogen-bond acceptors (Lipinski definition) is 6. The fourth-order valence-electron chi connectivity index (χ4n) is 3.55. The third kappa shape index (κ3) is 4.06. The zero-order valence-electron chi connectivity index (χ0n) is 16.1. The van der Waals surface area contributed by atoms with Gasteiger partial charge in [-0.25, -0.2) is 4.98 Å². The lowest BCUT2D eigenvalue weighted by molar-refractivity contribution is -0.137. The van der Waals surface area contributed by atoms with Gasteiger partial charge in [0.2, 0.25) is 5.75 Å². The van der Waals surface area contributed by atoms with Gasteiger partial charge in [0.15, 0.2) is 11.5 Å². The van der Waals surface area contributed by atoms with Crippen LogP contribution in [0.15, 0.2) is 41.2 Å². The molecule has 7 nitrogen and oxygen atoms in total. The summed E-state index contributed by atoms with van der Waals surface area (Å²) < 4.78 is 38.3. The molecular formula is C21H18F3N3O4. The maximum Gasteiger partial charge on any atom is 0.416 e. The zero-order valence-corrected chi connectivity index (χ0v) is 16.1. The van der Waals surface area contributed by atoms with Gasteiger partial charge in [0.1, 0.15) is 5.82 Å². The Hall–Kier alpha value is -3.53. The van der Waals surface area contributed by atoms with Crippen molar-refractivity contribution in [1.29, 1.82) is 0 Å². The highest BCUT2D eigenvalue weighted by Crippen LogP contribution is 2.38. The Morgan fingerprint density at radius 3 is 2.42 bits per heavy atom. The summed E-state index contributed by atoms with van der Waals surface area (Å²) in [7, 11) is 0. The molecule has 0 saturated carbocycles. The van der Waals surface area contributed by atoms with Crippen LogP contribution < -0.4 is 5.56 Å². The fourth-order valence-corrected chi connectivity index (χ4v) is 3.55. The highest BCUT2D eigenvalue weighted by molar-refractivity contribution is 5.56. The van der Waals surface area contributed by atoms with Crippen molar-refractivity contribution in [3.8, 4) is 28.6 Å². The molecule has 0 saturated heterocycles. The number of hydrogen-bond donors (Lipinski definition) is 4. The van der Waals surface area contributed by atoms with Crippen molar-refractivity contribution in [3.05, 3.63) is 69.1 Å². The van der Waals surface area contributed by atoms with Crippen LogP contribution in [0, 0.1) is 0 Å². The van der Waals surface area contributed by atoms with Crippen molar-refractivity contribution in [1.82, 2.24) is 14.9 Å². The molecule has 0 spiro atoms. The smallest absolute Gasteiger partial charge is 0.416 e. The van der Waals surface area contributed by atoms with Gasteiger partial charge in [-0.3, -0.25) is 9.69 Å². The third-order valence-corrected chi connectivity index (χ3v) is 5.24. The summed E-state index contributed by atoms with van der Waals surface area (Å²) in [5, 5.41) is 29.1. The number of aromatic hydroxyl groups is 3. The van der Waals surface area contributed by atoms with Crippen LogP contribution in [0.2, 0.25) is 0 Å². The monoisotopic (exact) mass is 433 g/mol. The predicted octanol–water partition coefficient (Wildman–Crippen LogP) is 3.13. The number of benzene rings is 2. The minimum Gasteiger partial charge on any atom is -0.504 e. The number of halogens is 3. The van der Waals surface area contributed by atoms with E-state index >= 15 is 0 Å². The first-order valence-electron chi connectivity index (χ1n) is 9.38. The fraction of sp³-hybridized carbons (Fsp3) is 0.238. The number of aromatic nitrogens is 2. The van der Waals surface area contributed by atoms with E-state index in [0.29, 0.717) is 35.3 Å². The van der Waals surface area contributed by atoms with Gasteiger partial charge in [0, 0.05) is 37.2 Å². The van der Waals surface area contributed by atoms with Crippen molar-refractivity contribution in [2.24, 2.45) is 0 Å². The van der Waals surface area contributed by atoms with Gasteiger partial charge >= 0.3 is 6.18 Å². The van der Waals surface area contributed by atoms with Crippen LogP contribution in [0.4, 0.5) is 13.2 Å². The first kappa shape index (κ1) is 20.7. The Labute approximate surface area is 174 Å². The summed E-state index contributed by atoms with van der Waals surface area (Å²) in [6, 6.07) is 7.17. The molecule has 1 aliphatic rings. The molecule has 2 heterocycles. The number of phenols is 3. The molecule has 1 aliphatic heterocycles. The van der Waals surface area contributed by atoms with Crippen molar-refractivity contribution in [3.63, 3.8) is 0 Å². The summed E-state index contributed by atoms with van der Waals surface area (Å²) >= 11 is 0. The molecule has 0 amide bonds. The molecule has 0 atom stereocenters. The summed E-state index contributed by atoms with van der Waals surface area (Å²) in [4.78, 5) is 21.6. The maximum atomic E-state index is 12.8. The number of fused-ring (bicyclic) bond motifs is 1. The van der Waals surface area contributed by atoms with Gasteiger partial charge in [-0.05, 0) is 18.2 Å². The van der Waals surface area contributed by atoms with Crippen LogP contribution in [0.25, 0.3) is 11.4 Å². The lowest BCUT2D eigenvalue weighted by atomic mass is 10.0. The van der Waals surface area contributed by atoms with E-state index in [4.69, 9.17) is 0 Å². The van der Waals surface area contributed by atoms with E-state index in [0.717, 1.165) is 12.1 Å². The van der Waals surface area contributed by atoms with E-state index in [2.05, 4.69) is 9.97 Å². The molecule has 2 aromatic carbocycles. The van der Waals surface area contributed by atoms with Gasteiger partial charge in [-0.15, -0.1) is 0 Å². The van der Waals surface area contributed by atoms with Crippen molar-refractivity contribution in [2.75, 3.05) is 6.54 Å². The van der Waals surface area contributed by atoms with E-state index in [1.165, 1.54) is 24.3 Å². The van der Waals surface area contributed by atoms with Crippen LogP contribution in [-0.2, 0) is 25.7 Å². The first-order chi connectivity index (χ1) is 14.6. The van der Waals surface area contributed by atoms with Crippen LogP contribution >= 0.6 is 0 Å². The Morgan fingerprint density at radius 2 is 1.74 bits per heavy atom. The molecule has 31 heavy (non-hydrogen) atoms. The molecular weight excluding hydrogens is 415 g/mol. The van der Waals surface area contributed by atoms with E-state index in [1.54, 1.807) is 0 Å². The number of rotatable bonds is 3. The molecule has 0 aliphatic carbocycles. The largest absolute Gasteiger partial charge is 0.504 e. The normalized spacial score (nSPS) is 14.4. The summed E-state index contributed by atoms with van der Waals surface area (Å²) in [6.45, 7) is 0.988. The third-order valence-electron chi connectivity index (χ3n) is 5.24. The number of phenolic OH excluding ortho intramolecular Hbond substituents is 3. The number of alkyl halides is 3. The van der Waals surface area contributed by atoms with Gasteiger partial charge in [0.25, 0.3) is 5.56 Å². The maximum absolute atomic E-state index is 12.8. The van der Waals surface area contributed by atoms with Gasteiger partial charge in [0.05, 0.1) is 16.8 Å². The average molecular weight is 433 g/mol. The minimum atomic E-state index is -4.44. The van der Waals surface area contributed by atoms with Gasteiger partial charge in [-0.2, -0.15) is 13.2 Å². The molecule has 3 aromatic rings. The van der Waals surface area contributed by atoms with Crippen LogP contribution in [0.3, 0.4) is 0 Å². The predicted molar refractivity (Wildman–Crippen MR) is 105 cm³/mol. The van der Waals surface area contributed by atoms with Crippen LogP contribution in [0.1, 0.15) is 22.4 Å². The summed E-state index contributed by atoms with van der Waals surface area (Å²) in [5.74, 6) is -1.25. The highest BCUT2D eigenvalue weighted by atomic mass is 19.4. The molecule has 0 radical (unpaired) electrons. The van der Waals surface area contributed by atoms with Crippen molar-refractivity contribution < 1.29 is 28.5 Å². The first-order valence-corrected chi connectivity index (χ1v) is 9.38. The molecule has 10 heteroatoms. The Balaban J connectivity index is 1.56. The highest BCUT2D eigenvalue weighted by Gasteiger charge is 2.30. The number of nitrogens with zero attached hydrogens (tertiary/aromatic N) is 2. The second kappa shape index (κ2) is 7.62. The van der Waals surface area contributed by atoms with E-state index in [9.17, 15) is 33.3 Å². The SMILES string of the molecule is O=c1[nH]c(-c2ccc(C(F)(F)F)cc2)nc2c1CN(Cc1ccc(O)c(O)c1O)CC2. The Kier molecular flexibility index (Phi) is 5.10. The Morgan fingerprint density at radius 1 is 1.03 bits per heavy atom. The van der Waals surface area contributed by atoms with Gasteiger partial charge in [-0.1, -0.05) is 18.2 Å². The second-order valence-corrected chi connectivity index (χ2v) is 7.32. The number of H-pyrrole nitrogens is 1. The molecule has 4 rings (SSSR count).